The van der Waals surface area contributed by atoms with Crippen molar-refractivity contribution in [3.63, 3.8) is 0 Å². The van der Waals surface area contributed by atoms with E-state index in [1.807, 2.05) is 0 Å². The number of hydrogen-bond acceptors (Lipinski definition) is 4. The molecule has 0 spiro atoms. The maximum absolute atomic E-state index is 11.8. The quantitative estimate of drug-likeness (QED) is 0.324. The summed E-state index contributed by atoms with van der Waals surface area (Å²) in [6, 6.07) is 4.35. The summed E-state index contributed by atoms with van der Waals surface area (Å²) in [5.41, 5.74) is 0.454. The number of nitro benzene ring substituents is 1. The third-order valence-corrected chi connectivity index (χ3v) is 2.77. The first-order chi connectivity index (χ1) is 9.33. The fourth-order valence-corrected chi connectivity index (χ4v) is 1.66. The van der Waals surface area contributed by atoms with Gasteiger partial charge in [-0.3, -0.25) is 10.1 Å². The van der Waals surface area contributed by atoms with Crippen LogP contribution in [0.4, 0.5) is 18.9 Å². The number of benzene rings is 1. The van der Waals surface area contributed by atoms with Crippen LogP contribution in [0.2, 0.25) is 0 Å². The van der Waals surface area contributed by atoms with E-state index in [0.717, 1.165) is 0 Å². The van der Waals surface area contributed by atoms with Crippen LogP contribution in [0.1, 0.15) is 5.56 Å². The van der Waals surface area contributed by atoms with E-state index in [1.165, 1.54) is 12.1 Å². The van der Waals surface area contributed by atoms with Gasteiger partial charge in [0, 0.05) is 11.4 Å². The minimum atomic E-state index is -4.40. The van der Waals surface area contributed by atoms with Gasteiger partial charge in [0.05, 0.1) is 11.5 Å². The molecule has 1 rings (SSSR count). The van der Waals surface area contributed by atoms with Crippen LogP contribution in [-0.4, -0.2) is 30.9 Å². The molecule has 112 valence electrons. The molecule has 0 N–H and O–H groups in total. The standard InChI is InChI=1S/C11H11BrF3NO4/c12-6-8-1-2-10(9(5-8)16(17)18)20-4-3-19-7-11(13,14)15/h1-2,5H,3-4,6-7H2. The molecule has 20 heavy (non-hydrogen) atoms. The molecule has 0 aromatic heterocycles. The largest absolute Gasteiger partial charge is 0.484 e. The Morgan fingerprint density at radius 2 is 2.00 bits per heavy atom. The molecule has 0 amide bonds. The van der Waals surface area contributed by atoms with Crippen LogP contribution >= 0.6 is 15.9 Å². The summed E-state index contributed by atoms with van der Waals surface area (Å²) in [4.78, 5) is 10.2. The van der Waals surface area contributed by atoms with Gasteiger partial charge >= 0.3 is 11.9 Å². The highest BCUT2D eigenvalue weighted by molar-refractivity contribution is 9.08. The summed E-state index contributed by atoms with van der Waals surface area (Å²) in [6.45, 7) is -1.89. The van der Waals surface area contributed by atoms with Crippen LogP contribution in [0.25, 0.3) is 0 Å². The van der Waals surface area contributed by atoms with Crippen LogP contribution in [0.15, 0.2) is 18.2 Å². The normalized spacial score (nSPS) is 11.4. The lowest BCUT2D eigenvalue weighted by Gasteiger charge is -2.09. The van der Waals surface area contributed by atoms with Crippen LogP contribution in [0, 0.1) is 10.1 Å². The van der Waals surface area contributed by atoms with E-state index in [-0.39, 0.29) is 24.7 Å². The molecule has 1 aromatic carbocycles. The van der Waals surface area contributed by atoms with Gasteiger partial charge in [-0.2, -0.15) is 13.2 Å². The van der Waals surface area contributed by atoms with E-state index in [9.17, 15) is 23.3 Å². The molecule has 0 fully saturated rings. The number of ether oxygens (including phenoxy) is 2. The van der Waals surface area contributed by atoms with Crippen LogP contribution in [0.3, 0.4) is 0 Å². The highest BCUT2D eigenvalue weighted by Crippen LogP contribution is 2.28. The van der Waals surface area contributed by atoms with Gasteiger partial charge in [-0.05, 0) is 11.6 Å². The van der Waals surface area contributed by atoms with Gasteiger partial charge in [0.25, 0.3) is 0 Å². The number of rotatable bonds is 7. The second-order valence-electron chi connectivity index (χ2n) is 3.71. The Morgan fingerprint density at radius 1 is 1.30 bits per heavy atom. The summed E-state index contributed by atoms with van der Waals surface area (Å²) < 4.78 is 44.8. The minimum absolute atomic E-state index is 0.00434. The van der Waals surface area contributed by atoms with Gasteiger partial charge in [0.1, 0.15) is 13.2 Å². The fraction of sp³-hybridized carbons (Fsp3) is 0.455. The van der Waals surface area contributed by atoms with Crippen molar-refractivity contribution in [2.75, 3.05) is 19.8 Å². The molecule has 0 aliphatic heterocycles. The molecule has 1 aromatic rings. The van der Waals surface area contributed by atoms with Gasteiger partial charge in [-0.15, -0.1) is 0 Å². The van der Waals surface area contributed by atoms with Gasteiger partial charge in [-0.25, -0.2) is 0 Å². The minimum Gasteiger partial charge on any atom is -0.484 e. The monoisotopic (exact) mass is 357 g/mol. The Kier molecular flexibility index (Phi) is 6.21. The Labute approximate surface area is 121 Å². The first kappa shape index (κ1) is 16.7. The van der Waals surface area contributed by atoms with Crippen molar-refractivity contribution in [2.24, 2.45) is 0 Å². The zero-order chi connectivity index (χ0) is 15.2. The van der Waals surface area contributed by atoms with Crippen LogP contribution in [-0.2, 0) is 10.1 Å². The van der Waals surface area contributed by atoms with Crippen molar-refractivity contribution in [3.8, 4) is 5.75 Å². The zero-order valence-corrected chi connectivity index (χ0v) is 11.7. The predicted octanol–water partition coefficient (Wildman–Crippen LogP) is 3.45. The Bertz CT molecular complexity index is 467. The average molecular weight is 358 g/mol. The van der Waals surface area contributed by atoms with E-state index in [0.29, 0.717) is 10.9 Å². The number of halogens is 4. The maximum Gasteiger partial charge on any atom is 0.411 e. The van der Waals surface area contributed by atoms with Crippen molar-refractivity contribution in [1.82, 2.24) is 0 Å². The molecule has 0 unspecified atom stereocenters. The molecule has 0 bridgehead atoms. The number of alkyl halides is 4. The zero-order valence-electron chi connectivity index (χ0n) is 10.2. The van der Waals surface area contributed by atoms with Gasteiger partial charge < -0.3 is 9.47 Å². The molecule has 0 radical (unpaired) electrons. The number of nitro groups is 1. The first-order valence-electron chi connectivity index (χ1n) is 5.44. The molecular formula is C11H11BrF3NO4. The summed E-state index contributed by atoms with van der Waals surface area (Å²) in [6.07, 6.45) is -4.40. The summed E-state index contributed by atoms with van der Waals surface area (Å²) in [7, 11) is 0. The molecule has 0 atom stereocenters. The first-order valence-corrected chi connectivity index (χ1v) is 6.56. The molecule has 0 saturated carbocycles. The maximum atomic E-state index is 11.8. The van der Waals surface area contributed by atoms with Crippen molar-refractivity contribution in [3.05, 3.63) is 33.9 Å². The summed E-state index contributed by atoms with van der Waals surface area (Å²) in [5, 5.41) is 11.3. The van der Waals surface area contributed by atoms with Crippen molar-refractivity contribution in [1.29, 1.82) is 0 Å². The molecule has 0 saturated heterocycles. The fourth-order valence-electron chi connectivity index (χ4n) is 1.31. The number of nitrogens with zero attached hydrogens (tertiary/aromatic N) is 1. The van der Waals surface area contributed by atoms with Crippen LogP contribution in [0.5, 0.6) is 5.75 Å². The van der Waals surface area contributed by atoms with Crippen molar-refractivity contribution < 1.29 is 27.6 Å². The van der Waals surface area contributed by atoms with Crippen LogP contribution < -0.4 is 4.74 Å². The topological polar surface area (TPSA) is 61.6 Å². The smallest absolute Gasteiger partial charge is 0.411 e. The SMILES string of the molecule is O=[N+]([O-])c1cc(CBr)ccc1OCCOCC(F)(F)F. The van der Waals surface area contributed by atoms with Crippen molar-refractivity contribution >= 4 is 21.6 Å². The Hall–Kier alpha value is -1.35. The lowest BCUT2D eigenvalue weighted by atomic mass is 10.2. The van der Waals surface area contributed by atoms with Gasteiger partial charge in [0.2, 0.25) is 0 Å². The third kappa shape index (κ3) is 5.74. The second kappa shape index (κ2) is 7.44. The third-order valence-electron chi connectivity index (χ3n) is 2.13. The molecule has 0 aliphatic carbocycles. The summed E-state index contributed by atoms with van der Waals surface area (Å²) in [5.74, 6) is -0.00434. The molecular weight excluding hydrogens is 347 g/mol. The molecule has 9 heteroatoms. The van der Waals surface area contributed by atoms with E-state index < -0.39 is 17.7 Å². The lowest BCUT2D eigenvalue weighted by Crippen LogP contribution is -2.19. The van der Waals surface area contributed by atoms with Gasteiger partial charge in [-0.1, -0.05) is 22.0 Å². The van der Waals surface area contributed by atoms with E-state index in [1.54, 1.807) is 6.07 Å². The van der Waals surface area contributed by atoms with E-state index in [4.69, 9.17) is 4.74 Å². The van der Waals surface area contributed by atoms with Gasteiger partial charge in [0.15, 0.2) is 5.75 Å². The number of hydrogen-bond donors (Lipinski definition) is 0. The predicted molar refractivity (Wildman–Crippen MR) is 68.1 cm³/mol. The van der Waals surface area contributed by atoms with E-state index >= 15 is 0 Å². The Morgan fingerprint density at radius 3 is 2.55 bits per heavy atom. The highest BCUT2D eigenvalue weighted by Gasteiger charge is 2.27. The Balaban J connectivity index is 2.53. The van der Waals surface area contributed by atoms with Crippen molar-refractivity contribution in [2.45, 2.75) is 11.5 Å². The second-order valence-corrected chi connectivity index (χ2v) is 4.27. The molecule has 5 nitrogen and oxygen atoms in total. The lowest BCUT2D eigenvalue weighted by molar-refractivity contribution is -0.385. The summed E-state index contributed by atoms with van der Waals surface area (Å²) >= 11 is 3.17. The highest BCUT2D eigenvalue weighted by atomic mass is 79.9. The molecule has 0 heterocycles. The average Bonchev–Trinajstić information content (AvgIpc) is 2.37. The van der Waals surface area contributed by atoms with E-state index in [2.05, 4.69) is 20.7 Å². The molecule has 0 aliphatic rings.